The summed E-state index contributed by atoms with van der Waals surface area (Å²) in [7, 11) is 1.62. The van der Waals surface area contributed by atoms with Crippen LogP contribution in [0.25, 0.3) is 10.9 Å². The molecule has 7 rings (SSSR count). The van der Waals surface area contributed by atoms with E-state index < -0.39 is 23.3 Å². The van der Waals surface area contributed by atoms with Crippen molar-refractivity contribution in [3.63, 3.8) is 0 Å². The number of hydrogen-bond donors (Lipinski definition) is 6. The second-order valence-corrected chi connectivity index (χ2v) is 13.4. The number of nitrogens with one attached hydrogen (secondary N) is 2. The van der Waals surface area contributed by atoms with Crippen molar-refractivity contribution in [3.8, 4) is 11.8 Å². The molecule has 1 aromatic heterocycles. The van der Waals surface area contributed by atoms with Crippen LogP contribution >= 0.6 is 0 Å². The third-order valence-electron chi connectivity index (χ3n) is 11.9. The minimum Gasteiger partial charge on any atom is -0.390 e. The zero-order chi connectivity index (χ0) is 27.9. The van der Waals surface area contributed by atoms with E-state index in [-0.39, 0.29) is 47.4 Å². The van der Waals surface area contributed by atoms with Gasteiger partial charge in [0.05, 0.1) is 23.3 Å². The van der Waals surface area contributed by atoms with Gasteiger partial charge >= 0.3 is 0 Å². The molecule has 1 heterocycles. The number of allylic oxidation sites excluding steroid dienone is 1. The molecular weight excluding hydrogens is 500 g/mol. The molecule has 0 aliphatic heterocycles. The fourth-order valence-electron chi connectivity index (χ4n) is 10.4. The zero-order valence-corrected chi connectivity index (χ0v) is 23.4. The van der Waals surface area contributed by atoms with Gasteiger partial charge in [0.1, 0.15) is 0 Å². The van der Waals surface area contributed by atoms with Crippen molar-refractivity contribution < 1.29 is 15.3 Å². The van der Waals surface area contributed by atoms with Crippen LogP contribution in [0.4, 0.5) is 0 Å². The van der Waals surface area contributed by atoms with Crippen LogP contribution in [0.2, 0.25) is 0 Å². The topological polar surface area (TPSA) is 127 Å². The number of aromatic nitrogens is 1. The first-order chi connectivity index (χ1) is 19.2. The third kappa shape index (κ3) is 3.52. The highest BCUT2D eigenvalue weighted by molar-refractivity contribution is 5.80. The molecule has 40 heavy (non-hydrogen) atoms. The average molecular weight is 543 g/mol. The summed E-state index contributed by atoms with van der Waals surface area (Å²) in [6.45, 7) is 4.81. The normalized spacial score (nSPS) is 43.7. The van der Waals surface area contributed by atoms with Gasteiger partial charge in [0.15, 0.2) is 5.96 Å². The number of fused-ring (bicyclic) bond motifs is 2. The van der Waals surface area contributed by atoms with Crippen LogP contribution in [-0.4, -0.2) is 56.7 Å². The van der Waals surface area contributed by atoms with Gasteiger partial charge in [0, 0.05) is 42.9 Å². The van der Waals surface area contributed by atoms with Crippen molar-refractivity contribution in [2.45, 2.75) is 81.1 Å². The molecule has 7 nitrogen and oxygen atoms in total. The monoisotopic (exact) mass is 542 g/mol. The second kappa shape index (κ2) is 9.11. The molecule has 4 saturated carbocycles. The Balaban J connectivity index is 1.39. The van der Waals surface area contributed by atoms with Crippen molar-refractivity contribution in [1.82, 2.24) is 10.3 Å². The van der Waals surface area contributed by atoms with E-state index in [4.69, 9.17) is 12.3 Å². The van der Waals surface area contributed by atoms with Crippen molar-refractivity contribution in [2.75, 3.05) is 7.05 Å². The summed E-state index contributed by atoms with van der Waals surface area (Å²) < 4.78 is 0. The molecule has 5 aliphatic rings. The van der Waals surface area contributed by atoms with Crippen LogP contribution < -0.4 is 11.1 Å². The minimum absolute atomic E-state index is 0.0788. The Bertz CT molecular complexity index is 1400. The lowest BCUT2D eigenvalue weighted by molar-refractivity contribution is -0.135. The molecule has 4 fully saturated rings. The number of nitrogens with zero attached hydrogens (tertiary/aromatic N) is 1. The summed E-state index contributed by atoms with van der Waals surface area (Å²) in [6.07, 6.45) is 5.63. The van der Waals surface area contributed by atoms with Gasteiger partial charge in [0.25, 0.3) is 0 Å². The average Bonchev–Trinajstić information content (AvgIpc) is 3.42. The zero-order valence-electron chi connectivity index (χ0n) is 23.4. The van der Waals surface area contributed by atoms with Gasteiger partial charge in [-0.25, -0.2) is 0 Å². The Morgan fingerprint density at radius 2 is 1.95 bits per heavy atom. The molecule has 10 unspecified atom stereocenters. The molecule has 0 saturated heterocycles. The van der Waals surface area contributed by atoms with Crippen molar-refractivity contribution in [1.29, 1.82) is 0 Å². The Morgan fingerprint density at radius 3 is 2.75 bits per heavy atom. The summed E-state index contributed by atoms with van der Waals surface area (Å²) in [5.41, 5.74) is 6.79. The van der Waals surface area contributed by atoms with E-state index in [1.165, 1.54) is 5.39 Å². The summed E-state index contributed by atoms with van der Waals surface area (Å²) in [5.74, 6) is 7.23. The number of guanidine groups is 1. The summed E-state index contributed by atoms with van der Waals surface area (Å²) in [6, 6.07) is 10.1. The highest BCUT2D eigenvalue weighted by atomic mass is 16.3. The molecule has 0 spiro atoms. The van der Waals surface area contributed by atoms with Gasteiger partial charge in [0.2, 0.25) is 0 Å². The van der Waals surface area contributed by atoms with E-state index in [0.29, 0.717) is 19.3 Å². The molecule has 7 N–H and O–H groups in total. The van der Waals surface area contributed by atoms with Gasteiger partial charge in [-0.1, -0.05) is 42.7 Å². The minimum atomic E-state index is -1.39. The van der Waals surface area contributed by atoms with Crippen molar-refractivity contribution in [3.05, 3.63) is 48.2 Å². The van der Waals surface area contributed by atoms with Crippen LogP contribution in [-0.2, 0) is 6.42 Å². The number of para-hydroxylation sites is 1. The molecule has 0 amide bonds. The maximum atomic E-state index is 12.6. The van der Waals surface area contributed by atoms with E-state index in [9.17, 15) is 15.3 Å². The van der Waals surface area contributed by atoms with Gasteiger partial charge in [-0.05, 0) is 79.2 Å². The summed E-state index contributed by atoms with van der Waals surface area (Å²) >= 11 is 0. The lowest BCUT2D eigenvalue weighted by Crippen LogP contribution is -2.56. The van der Waals surface area contributed by atoms with Crippen LogP contribution in [0.3, 0.4) is 0 Å². The number of nitrogens with two attached hydrogens (primary N) is 1. The van der Waals surface area contributed by atoms with Crippen molar-refractivity contribution in [2.24, 2.45) is 45.7 Å². The molecule has 1 aromatic carbocycles. The number of hydrogen-bond acceptors (Lipinski definition) is 4. The van der Waals surface area contributed by atoms with Crippen LogP contribution in [0.5, 0.6) is 0 Å². The quantitative estimate of drug-likeness (QED) is 0.153. The van der Waals surface area contributed by atoms with E-state index in [2.05, 4.69) is 51.4 Å². The molecule has 6 bridgehead atoms. The molecule has 212 valence electrons. The largest absolute Gasteiger partial charge is 0.390 e. The molecule has 2 aromatic rings. The number of rotatable bonds is 4. The van der Waals surface area contributed by atoms with Crippen LogP contribution in [0.15, 0.2) is 47.5 Å². The Kier molecular flexibility index (Phi) is 5.95. The second-order valence-electron chi connectivity index (χ2n) is 13.4. The van der Waals surface area contributed by atoms with Gasteiger partial charge in [-0.3, -0.25) is 4.99 Å². The molecule has 0 radical (unpaired) electrons. The lowest BCUT2D eigenvalue weighted by atomic mass is 9.47. The third-order valence-corrected chi connectivity index (χ3v) is 11.9. The number of aromatic amines is 1. The molecule has 5 aliphatic carbocycles. The number of H-pyrrole nitrogens is 1. The fraction of sp³-hybridized carbons (Fsp3) is 0.606. The Labute approximate surface area is 236 Å². The smallest absolute Gasteiger partial charge is 0.189 e. The van der Waals surface area contributed by atoms with E-state index in [1.54, 1.807) is 7.05 Å². The Morgan fingerprint density at radius 1 is 1.15 bits per heavy atom. The summed E-state index contributed by atoms with van der Waals surface area (Å²) in [4.78, 5) is 7.67. The number of aliphatic hydroxyl groups excluding tert-OH is 1. The van der Waals surface area contributed by atoms with Gasteiger partial charge in [-0.15, -0.1) is 5.92 Å². The van der Waals surface area contributed by atoms with Gasteiger partial charge < -0.3 is 31.4 Å². The predicted octanol–water partition coefficient (Wildman–Crippen LogP) is 3.25. The van der Waals surface area contributed by atoms with Gasteiger partial charge in [-0.2, -0.15) is 0 Å². The SMILES string of the molecule is C=C(Cc1cc2ccccc2[nH]1)C12CC#CC(NC(N)=NC)CC3(O)C(O)CC4C3C1CCC1C2CCCC41O. The number of benzene rings is 1. The van der Waals surface area contributed by atoms with Crippen LogP contribution in [0, 0.1) is 46.8 Å². The summed E-state index contributed by atoms with van der Waals surface area (Å²) in [5, 5.41) is 41.1. The fourth-order valence-corrected chi connectivity index (χ4v) is 10.4. The first-order valence-electron chi connectivity index (χ1n) is 15.1. The maximum Gasteiger partial charge on any atom is 0.189 e. The predicted molar refractivity (Wildman–Crippen MR) is 156 cm³/mol. The molecule has 10 atom stereocenters. The van der Waals surface area contributed by atoms with E-state index >= 15 is 0 Å². The van der Waals surface area contributed by atoms with Crippen molar-refractivity contribution >= 4 is 16.9 Å². The number of aliphatic hydroxyl groups is 3. The highest BCUT2D eigenvalue weighted by Crippen LogP contribution is 2.72. The van der Waals surface area contributed by atoms with E-state index in [0.717, 1.165) is 48.9 Å². The highest BCUT2D eigenvalue weighted by Gasteiger charge is 2.73. The number of aliphatic imine (C=N–C) groups is 1. The van der Waals surface area contributed by atoms with E-state index in [1.807, 2.05) is 6.07 Å². The Hall–Kier alpha value is -2.79. The lowest BCUT2D eigenvalue weighted by Gasteiger charge is -2.57. The maximum absolute atomic E-state index is 12.6. The first kappa shape index (κ1) is 26.1. The first-order valence-corrected chi connectivity index (χ1v) is 15.1. The molecule has 7 heteroatoms. The van der Waals surface area contributed by atoms with Crippen LogP contribution in [0.1, 0.15) is 57.1 Å². The standard InChI is InChI=1S/C33H42N4O3/c1-19(15-22-16-20-7-3-4-10-27(20)36-22)31-13-5-8-21(37-30(34)35-2)18-33(40)28(38)17-26-29(33)25(31)12-11-24-23(31)9-6-14-32(24,26)39/h3-4,7,10,16,21,23-26,28-29,36,38-40H,1,6,9,11-15,17-18H2,2H3,(H3,34,35,37). The molecular formula is C33H42N4O3.